The molecule has 0 unspecified atom stereocenters. The molecular formula is C13H19N3O. The summed E-state index contributed by atoms with van der Waals surface area (Å²) in [7, 11) is 0. The molecule has 0 heterocycles. The van der Waals surface area contributed by atoms with E-state index in [2.05, 4.69) is 29.7 Å². The molecule has 0 aromatic heterocycles. The van der Waals surface area contributed by atoms with Crippen molar-refractivity contribution in [1.82, 2.24) is 5.43 Å². The highest BCUT2D eigenvalue weighted by molar-refractivity contribution is 5.91. The van der Waals surface area contributed by atoms with Crippen LogP contribution in [0.15, 0.2) is 35.4 Å². The van der Waals surface area contributed by atoms with Crippen LogP contribution in [0, 0.1) is 5.92 Å². The number of hydrogen-bond donors (Lipinski definition) is 2. The number of hydrazone groups is 1. The molecule has 1 aromatic carbocycles. The summed E-state index contributed by atoms with van der Waals surface area (Å²) in [5.41, 5.74) is 4.16. The topological polar surface area (TPSA) is 53.5 Å². The summed E-state index contributed by atoms with van der Waals surface area (Å²) < 4.78 is 0. The van der Waals surface area contributed by atoms with E-state index in [1.807, 2.05) is 37.3 Å². The predicted octanol–water partition coefficient (Wildman–Crippen LogP) is 3.23. The van der Waals surface area contributed by atoms with Gasteiger partial charge in [0.2, 0.25) is 0 Å². The molecule has 4 nitrogen and oxygen atoms in total. The lowest BCUT2D eigenvalue weighted by atomic mass is 10.1. The van der Waals surface area contributed by atoms with Gasteiger partial charge in [-0.05, 0) is 31.4 Å². The van der Waals surface area contributed by atoms with Crippen molar-refractivity contribution in [2.24, 2.45) is 11.0 Å². The van der Waals surface area contributed by atoms with Gasteiger partial charge in [-0.15, -0.1) is 0 Å². The smallest absolute Gasteiger partial charge is 0.307 e. The van der Waals surface area contributed by atoms with Gasteiger partial charge >= 0.3 is 6.03 Å². The second-order valence-corrected chi connectivity index (χ2v) is 3.99. The van der Waals surface area contributed by atoms with Crippen molar-refractivity contribution in [2.45, 2.75) is 27.2 Å². The van der Waals surface area contributed by atoms with Crippen molar-refractivity contribution in [1.29, 1.82) is 0 Å². The number of nitrogens with one attached hydrogen (secondary N) is 2. The van der Waals surface area contributed by atoms with E-state index >= 15 is 0 Å². The summed E-state index contributed by atoms with van der Waals surface area (Å²) >= 11 is 0. The van der Waals surface area contributed by atoms with Gasteiger partial charge in [-0.25, -0.2) is 10.2 Å². The molecule has 1 atom stereocenters. The summed E-state index contributed by atoms with van der Waals surface area (Å²) in [6.07, 6.45) is 1.01. The van der Waals surface area contributed by atoms with Gasteiger partial charge in [-0.3, -0.25) is 0 Å². The van der Waals surface area contributed by atoms with Gasteiger partial charge in [-0.2, -0.15) is 5.10 Å². The lowest BCUT2D eigenvalue weighted by Gasteiger charge is -2.08. The Morgan fingerprint density at radius 1 is 1.35 bits per heavy atom. The molecule has 92 valence electrons. The number of rotatable bonds is 4. The Kier molecular flexibility index (Phi) is 5.20. The maximum Gasteiger partial charge on any atom is 0.339 e. The van der Waals surface area contributed by atoms with Crippen LogP contribution < -0.4 is 10.7 Å². The van der Waals surface area contributed by atoms with Crippen LogP contribution in [0.2, 0.25) is 0 Å². The molecule has 1 aromatic rings. The quantitative estimate of drug-likeness (QED) is 0.609. The van der Waals surface area contributed by atoms with Gasteiger partial charge in [0, 0.05) is 11.4 Å². The zero-order valence-electron chi connectivity index (χ0n) is 10.5. The number of para-hydroxylation sites is 1. The maximum atomic E-state index is 11.5. The minimum Gasteiger partial charge on any atom is -0.307 e. The van der Waals surface area contributed by atoms with Crippen molar-refractivity contribution in [3.05, 3.63) is 30.3 Å². The first kappa shape index (κ1) is 13.2. The van der Waals surface area contributed by atoms with Crippen LogP contribution >= 0.6 is 0 Å². The zero-order valence-corrected chi connectivity index (χ0v) is 10.5. The van der Waals surface area contributed by atoms with E-state index in [1.165, 1.54) is 0 Å². The normalized spacial score (nSPS) is 13.0. The van der Waals surface area contributed by atoms with Gasteiger partial charge in [-0.1, -0.05) is 32.0 Å². The Morgan fingerprint density at radius 2 is 2.00 bits per heavy atom. The second kappa shape index (κ2) is 6.68. The molecule has 0 fully saturated rings. The summed E-state index contributed by atoms with van der Waals surface area (Å²) in [4.78, 5) is 11.5. The maximum absolute atomic E-state index is 11.5. The van der Waals surface area contributed by atoms with Crippen LogP contribution in [0.5, 0.6) is 0 Å². The minimum absolute atomic E-state index is 0.321. The Hall–Kier alpha value is -1.84. The minimum atomic E-state index is -0.321. The van der Waals surface area contributed by atoms with Crippen LogP contribution in [-0.2, 0) is 0 Å². The lowest BCUT2D eigenvalue weighted by Crippen LogP contribution is -2.26. The Morgan fingerprint density at radius 3 is 2.59 bits per heavy atom. The first-order chi connectivity index (χ1) is 8.13. The molecule has 0 bridgehead atoms. The molecule has 0 aliphatic rings. The molecule has 0 spiro atoms. The van der Waals surface area contributed by atoms with E-state index in [1.54, 1.807) is 0 Å². The third-order valence-electron chi connectivity index (χ3n) is 2.69. The Bertz CT molecular complexity index is 387. The SMILES string of the molecule is CC[C@H](C)/C(C)=N\NC(=O)Nc1ccccc1. The van der Waals surface area contributed by atoms with E-state index in [-0.39, 0.29) is 6.03 Å². The second-order valence-electron chi connectivity index (χ2n) is 3.99. The first-order valence-electron chi connectivity index (χ1n) is 5.79. The Labute approximate surface area is 102 Å². The van der Waals surface area contributed by atoms with Gasteiger partial charge in [0.1, 0.15) is 0 Å². The average molecular weight is 233 g/mol. The standard InChI is InChI=1S/C13H19N3O/c1-4-10(2)11(3)15-16-13(17)14-12-8-6-5-7-9-12/h5-10H,4H2,1-3H3,(H2,14,16,17)/b15-11-/t10-/m0/s1. The number of amides is 2. The molecule has 2 amide bonds. The van der Waals surface area contributed by atoms with E-state index in [4.69, 9.17) is 0 Å². The number of benzene rings is 1. The number of nitrogens with zero attached hydrogens (tertiary/aromatic N) is 1. The molecule has 4 heteroatoms. The van der Waals surface area contributed by atoms with E-state index in [0.717, 1.165) is 17.8 Å². The number of anilines is 1. The van der Waals surface area contributed by atoms with E-state index in [9.17, 15) is 4.79 Å². The summed E-state index contributed by atoms with van der Waals surface area (Å²) in [5, 5.41) is 6.74. The molecular weight excluding hydrogens is 214 g/mol. The van der Waals surface area contributed by atoms with Gasteiger partial charge in [0.05, 0.1) is 0 Å². The molecule has 0 aliphatic heterocycles. The molecule has 17 heavy (non-hydrogen) atoms. The average Bonchev–Trinajstić information content (AvgIpc) is 2.36. The molecule has 0 saturated carbocycles. The molecule has 0 saturated heterocycles. The van der Waals surface area contributed by atoms with Crippen molar-refractivity contribution in [3.8, 4) is 0 Å². The first-order valence-corrected chi connectivity index (χ1v) is 5.79. The highest BCUT2D eigenvalue weighted by atomic mass is 16.2. The molecule has 0 aliphatic carbocycles. The van der Waals surface area contributed by atoms with Gasteiger partial charge in [0.15, 0.2) is 0 Å². The van der Waals surface area contributed by atoms with Crippen LogP contribution in [0.3, 0.4) is 0 Å². The van der Waals surface area contributed by atoms with E-state index < -0.39 is 0 Å². The molecule has 2 N–H and O–H groups in total. The van der Waals surface area contributed by atoms with Crippen LogP contribution in [0.4, 0.5) is 10.5 Å². The zero-order chi connectivity index (χ0) is 12.7. The number of hydrogen-bond acceptors (Lipinski definition) is 2. The fourth-order valence-electron chi connectivity index (χ4n) is 1.23. The number of carbonyl (C=O) groups is 1. The van der Waals surface area contributed by atoms with Crippen LogP contribution in [0.1, 0.15) is 27.2 Å². The third kappa shape index (κ3) is 4.68. The lowest BCUT2D eigenvalue weighted by molar-refractivity contribution is 0.252. The fraction of sp³-hybridized carbons (Fsp3) is 0.385. The van der Waals surface area contributed by atoms with E-state index in [0.29, 0.717) is 5.92 Å². The number of carbonyl (C=O) groups excluding carboxylic acids is 1. The summed E-state index contributed by atoms with van der Waals surface area (Å²) in [5.74, 6) is 0.382. The van der Waals surface area contributed by atoms with Crippen molar-refractivity contribution < 1.29 is 4.79 Å². The Balaban J connectivity index is 2.46. The monoisotopic (exact) mass is 233 g/mol. The van der Waals surface area contributed by atoms with Gasteiger partial charge in [0.25, 0.3) is 0 Å². The number of urea groups is 1. The predicted molar refractivity (Wildman–Crippen MR) is 71.2 cm³/mol. The van der Waals surface area contributed by atoms with Crippen molar-refractivity contribution >= 4 is 17.4 Å². The molecule has 1 rings (SSSR count). The van der Waals surface area contributed by atoms with Gasteiger partial charge < -0.3 is 5.32 Å². The molecule has 0 radical (unpaired) electrons. The third-order valence-corrected chi connectivity index (χ3v) is 2.69. The highest BCUT2D eigenvalue weighted by Gasteiger charge is 2.04. The summed E-state index contributed by atoms with van der Waals surface area (Å²) in [6.45, 7) is 6.08. The summed E-state index contributed by atoms with van der Waals surface area (Å²) in [6, 6.07) is 8.95. The van der Waals surface area contributed by atoms with Crippen molar-refractivity contribution in [2.75, 3.05) is 5.32 Å². The fourth-order valence-corrected chi connectivity index (χ4v) is 1.23. The van der Waals surface area contributed by atoms with Crippen LogP contribution in [-0.4, -0.2) is 11.7 Å². The van der Waals surface area contributed by atoms with Crippen LogP contribution in [0.25, 0.3) is 0 Å². The highest BCUT2D eigenvalue weighted by Crippen LogP contribution is 2.05. The largest absolute Gasteiger partial charge is 0.339 e. The van der Waals surface area contributed by atoms with Crippen molar-refractivity contribution in [3.63, 3.8) is 0 Å².